The molecule has 0 spiro atoms. The normalized spacial score (nSPS) is 11.8. The fraction of sp³-hybridized carbons (Fsp3) is 0.214. The summed E-state index contributed by atoms with van der Waals surface area (Å²) >= 11 is 5.85. The monoisotopic (exact) mass is 384 g/mol. The number of halogens is 1. The third-order valence-corrected chi connectivity index (χ3v) is 4.91. The first-order valence-electron chi connectivity index (χ1n) is 6.12. The number of benzene rings is 1. The molecule has 0 aliphatic rings. The van der Waals surface area contributed by atoms with Crippen LogP contribution in [0.2, 0.25) is 0 Å². The fourth-order valence-corrected chi connectivity index (χ4v) is 3.74. The maximum Gasteiger partial charge on any atom is 0.258 e. The number of carbonyl (C=O) groups excluding carboxylic acids is 2. The first-order chi connectivity index (χ1) is 10.0. The molecule has 4 nitrogen and oxygen atoms in total. The fourth-order valence-electron chi connectivity index (χ4n) is 1.74. The Balaban J connectivity index is 2.46. The quantitative estimate of drug-likeness (QED) is 0.759. The van der Waals surface area contributed by atoms with Crippen LogP contribution in [0.5, 0.6) is 0 Å². The minimum Gasteiger partial charge on any atom is -0.313 e. The van der Waals surface area contributed by atoms with E-state index in [2.05, 4.69) is 27.5 Å². The molecule has 0 saturated carbocycles. The van der Waals surface area contributed by atoms with E-state index in [1.54, 1.807) is 6.08 Å². The molecule has 0 N–H and O–H groups in total. The van der Waals surface area contributed by atoms with Crippen LogP contribution < -0.4 is 4.80 Å². The van der Waals surface area contributed by atoms with Crippen molar-refractivity contribution in [3.63, 3.8) is 0 Å². The molecule has 21 heavy (non-hydrogen) atoms. The molecular formula is C14H13BrN2O2S2. The zero-order valence-corrected chi connectivity index (χ0v) is 14.6. The Bertz CT molecular complexity index is 777. The van der Waals surface area contributed by atoms with Crippen LogP contribution in [0.3, 0.4) is 0 Å². The number of allylic oxidation sites excluding steroid dienone is 1. The Kier molecular flexibility index (Phi) is 5.55. The van der Waals surface area contributed by atoms with Crippen molar-refractivity contribution in [2.24, 2.45) is 4.99 Å². The lowest BCUT2D eigenvalue weighted by Crippen LogP contribution is -2.17. The van der Waals surface area contributed by atoms with E-state index in [0.717, 1.165) is 26.5 Å². The van der Waals surface area contributed by atoms with Crippen molar-refractivity contribution in [2.75, 3.05) is 5.75 Å². The maximum atomic E-state index is 11.8. The average molecular weight is 385 g/mol. The lowest BCUT2D eigenvalue weighted by molar-refractivity contribution is -0.116. The molecule has 7 heteroatoms. The highest BCUT2D eigenvalue weighted by Crippen LogP contribution is 2.22. The van der Waals surface area contributed by atoms with Gasteiger partial charge >= 0.3 is 0 Å². The highest BCUT2D eigenvalue weighted by molar-refractivity contribution is 9.10. The first kappa shape index (κ1) is 16.2. The van der Waals surface area contributed by atoms with E-state index in [4.69, 9.17) is 0 Å². The molecule has 1 aromatic carbocycles. The van der Waals surface area contributed by atoms with Crippen molar-refractivity contribution in [3.05, 3.63) is 40.1 Å². The predicted octanol–water partition coefficient (Wildman–Crippen LogP) is 3.36. The van der Waals surface area contributed by atoms with E-state index in [1.807, 2.05) is 22.8 Å². The summed E-state index contributed by atoms with van der Waals surface area (Å²) in [6.07, 6.45) is 1.77. The van der Waals surface area contributed by atoms with E-state index in [1.165, 1.54) is 18.3 Å². The molecule has 2 aromatic rings. The van der Waals surface area contributed by atoms with Crippen LogP contribution in [0, 0.1) is 0 Å². The number of thioether (sulfide) groups is 1. The van der Waals surface area contributed by atoms with Gasteiger partial charge in [0.25, 0.3) is 5.91 Å². The summed E-state index contributed by atoms with van der Waals surface area (Å²) in [6, 6.07) is 5.92. The lowest BCUT2D eigenvalue weighted by Gasteiger charge is -2.00. The Morgan fingerprint density at radius 3 is 2.95 bits per heavy atom. The van der Waals surface area contributed by atoms with Crippen molar-refractivity contribution in [2.45, 2.75) is 13.5 Å². The Morgan fingerprint density at radius 2 is 2.29 bits per heavy atom. The zero-order chi connectivity index (χ0) is 15.4. The molecule has 1 aromatic heterocycles. The highest BCUT2D eigenvalue weighted by atomic mass is 79.9. The van der Waals surface area contributed by atoms with E-state index in [-0.39, 0.29) is 16.8 Å². The van der Waals surface area contributed by atoms with Gasteiger partial charge in [-0.3, -0.25) is 9.59 Å². The molecule has 0 unspecified atom stereocenters. The van der Waals surface area contributed by atoms with Crippen molar-refractivity contribution >= 4 is 60.3 Å². The van der Waals surface area contributed by atoms with Crippen LogP contribution in [-0.4, -0.2) is 21.3 Å². The van der Waals surface area contributed by atoms with E-state index in [9.17, 15) is 9.59 Å². The minimum absolute atomic E-state index is 0.0708. The summed E-state index contributed by atoms with van der Waals surface area (Å²) in [5.74, 6) is -0.236. The summed E-state index contributed by atoms with van der Waals surface area (Å²) in [5, 5.41) is -0.0854. The molecule has 110 valence electrons. The van der Waals surface area contributed by atoms with Crippen LogP contribution in [0.25, 0.3) is 10.2 Å². The van der Waals surface area contributed by atoms with Crippen molar-refractivity contribution in [1.29, 1.82) is 0 Å². The second kappa shape index (κ2) is 7.20. The van der Waals surface area contributed by atoms with Crippen LogP contribution in [0.1, 0.15) is 6.92 Å². The number of fused-ring (bicyclic) bond motifs is 1. The smallest absolute Gasteiger partial charge is 0.258 e. The summed E-state index contributed by atoms with van der Waals surface area (Å²) in [6.45, 7) is 5.75. The molecule has 2 rings (SSSR count). The van der Waals surface area contributed by atoms with Crippen molar-refractivity contribution in [3.8, 4) is 0 Å². The molecular weight excluding hydrogens is 372 g/mol. The molecule has 0 bridgehead atoms. The van der Waals surface area contributed by atoms with Gasteiger partial charge in [-0.25, -0.2) is 0 Å². The number of aromatic nitrogens is 1. The SMILES string of the molecule is C=CCn1c(=NC(=O)CSC(C)=O)sc2cc(Br)ccc21. The highest BCUT2D eigenvalue weighted by Gasteiger charge is 2.08. The number of nitrogens with zero attached hydrogens (tertiary/aromatic N) is 2. The number of carbonyl (C=O) groups is 2. The van der Waals surface area contributed by atoms with Gasteiger partial charge < -0.3 is 4.57 Å². The van der Waals surface area contributed by atoms with Gasteiger partial charge in [-0.05, 0) is 18.2 Å². The van der Waals surface area contributed by atoms with Gasteiger partial charge in [0.15, 0.2) is 9.92 Å². The van der Waals surface area contributed by atoms with Gasteiger partial charge in [0.05, 0.1) is 16.0 Å². The molecule has 0 atom stereocenters. The number of rotatable bonds is 4. The van der Waals surface area contributed by atoms with Crippen LogP contribution in [0.15, 0.2) is 40.3 Å². The average Bonchev–Trinajstić information content (AvgIpc) is 2.74. The molecule has 0 aliphatic heterocycles. The Labute approximate surface area is 138 Å². The number of amides is 1. The van der Waals surface area contributed by atoms with Gasteiger partial charge in [-0.1, -0.05) is 45.1 Å². The van der Waals surface area contributed by atoms with Crippen molar-refractivity contribution in [1.82, 2.24) is 4.57 Å². The van der Waals surface area contributed by atoms with Gasteiger partial charge in [0.1, 0.15) is 0 Å². The van der Waals surface area contributed by atoms with E-state index >= 15 is 0 Å². The number of hydrogen-bond acceptors (Lipinski definition) is 4. The maximum absolute atomic E-state index is 11.8. The molecule has 1 heterocycles. The van der Waals surface area contributed by atoms with Gasteiger partial charge in [-0.15, -0.1) is 6.58 Å². The summed E-state index contributed by atoms with van der Waals surface area (Å²) in [5.41, 5.74) is 1.01. The molecule has 0 aliphatic carbocycles. The molecule has 0 fully saturated rings. The number of hydrogen-bond donors (Lipinski definition) is 0. The van der Waals surface area contributed by atoms with Crippen LogP contribution in [0.4, 0.5) is 0 Å². The van der Waals surface area contributed by atoms with Gasteiger partial charge in [-0.2, -0.15) is 4.99 Å². The van der Waals surface area contributed by atoms with Crippen LogP contribution >= 0.6 is 39.0 Å². The Hall–Kier alpha value is -1.18. The van der Waals surface area contributed by atoms with Gasteiger partial charge in [0.2, 0.25) is 0 Å². The van der Waals surface area contributed by atoms with E-state index in [0.29, 0.717) is 11.3 Å². The first-order valence-corrected chi connectivity index (χ1v) is 8.71. The third-order valence-electron chi connectivity index (χ3n) is 2.58. The van der Waals surface area contributed by atoms with Gasteiger partial charge in [0, 0.05) is 17.9 Å². The van der Waals surface area contributed by atoms with Crippen LogP contribution in [-0.2, 0) is 16.1 Å². The topological polar surface area (TPSA) is 51.4 Å². The molecule has 0 radical (unpaired) electrons. The second-order valence-electron chi connectivity index (χ2n) is 4.18. The standard InChI is InChI=1S/C14H13BrN2O2S2/c1-3-6-17-11-5-4-10(15)7-12(11)21-14(17)16-13(19)8-20-9(2)18/h3-5,7H,1,6,8H2,2H3. The molecule has 1 amide bonds. The minimum atomic E-state index is -0.307. The molecule has 0 saturated heterocycles. The summed E-state index contributed by atoms with van der Waals surface area (Å²) in [7, 11) is 0. The van der Waals surface area contributed by atoms with Crippen molar-refractivity contribution < 1.29 is 9.59 Å². The summed E-state index contributed by atoms with van der Waals surface area (Å²) in [4.78, 5) is 27.5. The Morgan fingerprint density at radius 1 is 1.52 bits per heavy atom. The van der Waals surface area contributed by atoms with E-state index < -0.39 is 0 Å². The third kappa shape index (κ3) is 4.15. The number of thiazole rings is 1. The largest absolute Gasteiger partial charge is 0.313 e. The summed E-state index contributed by atoms with van der Waals surface area (Å²) < 4.78 is 3.96. The lowest BCUT2D eigenvalue weighted by atomic mass is 10.3. The predicted molar refractivity (Wildman–Crippen MR) is 91.4 cm³/mol. The zero-order valence-electron chi connectivity index (χ0n) is 11.3. The second-order valence-corrected chi connectivity index (χ2v) is 7.26.